The van der Waals surface area contributed by atoms with E-state index in [-0.39, 0.29) is 41.0 Å². The van der Waals surface area contributed by atoms with Crippen molar-refractivity contribution in [3.63, 3.8) is 0 Å². The van der Waals surface area contributed by atoms with Gasteiger partial charge in [-0.1, -0.05) is 84.4 Å². The predicted molar refractivity (Wildman–Crippen MR) is 195 cm³/mol. The van der Waals surface area contributed by atoms with Crippen molar-refractivity contribution in [2.24, 2.45) is 0 Å². The second-order valence-corrected chi connectivity index (χ2v) is 14.6. The molecule has 2 aromatic heterocycles. The van der Waals surface area contributed by atoms with Crippen LogP contribution in [0.1, 0.15) is 52.2 Å². The summed E-state index contributed by atoms with van der Waals surface area (Å²) < 4.78 is 79.7. The minimum absolute atomic E-state index is 0.000973. The maximum atomic E-state index is 15.5. The molecule has 4 aromatic carbocycles. The first-order valence-electron chi connectivity index (χ1n) is 16.5. The molecule has 5 unspecified atom stereocenters. The second-order valence-electron chi connectivity index (χ2n) is 12.7. The molecule has 4 heterocycles. The van der Waals surface area contributed by atoms with Gasteiger partial charge in [0.25, 0.3) is 0 Å². The van der Waals surface area contributed by atoms with Gasteiger partial charge in [-0.3, -0.25) is 0 Å². The van der Waals surface area contributed by atoms with Crippen LogP contribution in [0.4, 0.5) is 22.4 Å². The zero-order chi connectivity index (χ0) is 39.4. The highest BCUT2D eigenvalue weighted by Gasteiger charge is 2.62. The molecule has 2 saturated heterocycles. The third-order valence-electron chi connectivity index (χ3n) is 9.43. The Morgan fingerprint density at radius 3 is 1.91 bits per heavy atom. The lowest BCUT2D eigenvalue weighted by Gasteiger charge is -2.19. The molecule has 2 fully saturated rings. The summed E-state index contributed by atoms with van der Waals surface area (Å²) in [5.41, 5.74) is -1.96. The summed E-state index contributed by atoms with van der Waals surface area (Å²) in [5, 5.41) is 20.2. The number of nitriles is 1. The van der Waals surface area contributed by atoms with Gasteiger partial charge in [0.15, 0.2) is 5.82 Å². The van der Waals surface area contributed by atoms with Crippen molar-refractivity contribution in [1.82, 2.24) is 29.5 Å². The normalized spacial score (nSPS) is 21.7. The Hall–Kier alpha value is -4.96. The fourth-order valence-corrected chi connectivity index (χ4v) is 7.89. The van der Waals surface area contributed by atoms with Crippen LogP contribution in [-0.4, -0.2) is 34.8 Å². The van der Waals surface area contributed by atoms with Crippen molar-refractivity contribution in [2.45, 2.75) is 47.8 Å². The van der Waals surface area contributed by atoms with E-state index >= 15 is 8.78 Å². The molecule has 6 aromatic rings. The number of hydrogen-bond donors (Lipinski definition) is 1. The highest BCUT2D eigenvalue weighted by atomic mass is 35.5. The molecule has 0 spiro atoms. The summed E-state index contributed by atoms with van der Waals surface area (Å²) in [4.78, 5) is 21.3. The summed E-state index contributed by atoms with van der Waals surface area (Å²) in [6, 6.07) is 19.7. The molecular formula is C37H23Cl2F4N7O4S2. The number of ether oxygens (including phenoxy) is 3. The first kappa shape index (κ1) is 37.9. The summed E-state index contributed by atoms with van der Waals surface area (Å²) in [7, 11) is 0. The Balaban J connectivity index is 1.19. The topological polar surface area (TPSA) is 137 Å². The Morgan fingerprint density at radius 2 is 1.41 bits per heavy atom. The molecule has 2 aliphatic heterocycles. The van der Waals surface area contributed by atoms with E-state index in [0.29, 0.717) is 32.9 Å². The molecule has 5 atom stereocenters. The third-order valence-corrected chi connectivity index (χ3v) is 10.8. The number of carbonyl (C=O) groups is 1. The largest absolute Gasteiger partial charge is 0.438 e. The molecule has 19 heteroatoms. The van der Waals surface area contributed by atoms with Crippen molar-refractivity contribution >= 4 is 52.9 Å². The van der Waals surface area contributed by atoms with E-state index in [1.807, 2.05) is 5.40 Å². The number of epoxide rings is 2. The van der Waals surface area contributed by atoms with Gasteiger partial charge in [0, 0.05) is 56.2 Å². The molecule has 0 radical (unpaired) electrons. The molecule has 0 amide bonds. The van der Waals surface area contributed by atoms with Gasteiger partial charge < -0.3 is 14.2 Å². The Kier molecular flexibility index (Phi) is 10.1. The lowest BCUT2D eigenvalue weighted by atomic mass is 9.91. The van der Waals surface area contributed by atoms with Gasteiger partial charge in [0.05, 0.1) is 13.1 Å². The van der Waals surface area contributed by atoms with Gasteiger partial charge in [-0.25, -0.2) is 41.7 Å². The van der Waals surface area contributed by atoms with Gasteiger partial charge in [-0.2, -0.15) is 15.5 Å². The fourth-order valence-electron chi connectivity index (χ4n) is 6.88. The van der Waals surface area contributed by atoms with E-state index in [1.165, 1.54) is 21.5 Å². The lowest BCUT2D eigenvalue weighted by molar-refractivity contribution is 0.130. The number of aromatic nitrogens is 6. The molecule has 0 N–H and O–H groups in total. The predicted octanol–water partition coefficient (Wildman–Crippen LogP) is 8.80. The zero-order valence-corrected chi connectivity index (χ0v) is 31.4. The van der Waals surface area contributed by atoms with Gasteiger partial charge in [0.1, 0.15) is 58.4 Å². The second kappa shape index (κ2) is 14.8. The summed E-state index contributed by atoms with van der Waals surface area (Å²) in [5.74, 6) is -3.66. The Morgan fingerprint density at radius 1 is 0.875 bits per heavy atom. The van der Waals surface area contributed by atoms with Crippen LogP contribution in [0.15, 0.2) is 96.4 Å². The smallest absolute Gasteiger partial charge is 0.365 e. The zero-order valence-electron chi connectivity index (χ0n) is 28.2. The number of thiol groups is 1. The first-order valence-corrected chi connectivity index (χ1v) is 18.5. The SMILES string of the molecule is N#CSc1nc(C(OC(=O)S)c2ncnn2CC2(c3ccc(F)cc3F)OC2c2ccccc2Cl)nn1CC1(c2ccc(F)cc2F)OC1c1ccccc1Cl. The Labute approximate surface area is 334 Å². The molecule has 11 nitrogen and oxygen atoms in total. The quantitative estimate of drug-likeness (QED) is 0.0318. The average Bonchev–Trinajstić information content (AvgIpc) is 3.93. The van der Waals surface area contributed by atoms with Gasteiger partial charge >= 0.3 is 5.30 Å². The number of halogens is 6. The summed E-state index contributed by atoms with van der Waals surface area (Å²) in [6.07, 6.45) is -2.03. The van der Waals surface area contributed by atoms with Crippen molar-refractivity contribution < 1.29 is 36.6 Å². The molecular weight excluding hydrogens is 817 g/mol. The first-order chi connectivity index (χ1) is 26.9. The molecule has 0 saturated carbocycles. The number of carbonyl (C=O) groups excluding carboxylic acids is 1. The summed E-state index contributed by atoms with van der Waals surface area (Å²) >= 11 is 17.4. The fraction of sp³-hybridized carbons (Fsp3) is 0.189. The number of benzene rings is 4. The van der Waals surface area contributed by atoms with Crippen LogP contribution >= 0.6 is 47.6 Å². The lowest BCUT2D eigenvalue weighted by Crippen LogP contribution is -2.25. The van der Waals surface area contributed by atoms with Crippen LogP contribution in [-0.2, 0) is 38.5 Å². The van der Waals surface area contributed by atoms with E-state index in [1.54, 1.807) is 48.5 Å². The molecule has 2 aliphatic rings. The highest BCUT2D eigenvalue weighted by Crippen LogP contribution is 2.61. The van der Waals surface area contributed by atoms with E-state index in [4.69, 9.17) is 37.4 Å². The van der Waals surface area contributed by atoms with Crippen molar-refractivity contribution in [3.8, 4) is 5.40 Å². The maximum Gasteiger partial charge on any atom is 0.365 e. The summed E-state index contributed by atoms with van der Waals surface area (Å²) in [6.45, 7) is -0.515. The van der Waals surface area contributed by atoms with E-state index < -0.39 is 58.1 Å². The molecule has 8 rings (SSSR count). The van der Waals surface area contributed by atoms with Crippen LogP contribution in [0.25, 0.3) is 0 Å². The van der Waals surface area contributed by atoms with E-state index in [0.717, 1.165) is 30.6 Å². The number of thiocyanates is 1. The van der Waals surface area contributed by atoms with Crippen molar-refractivity contribution in [2.75, 3.05) is 0 Å². The number of rotatable bonds is 12. The van der Waals surface area contributed by atoms with E-state index in [9.17, 15) is 18.8 Å². The van der Waals surface area contributed by atoms with Crippen molar-refractivity contribution in [1.29, 1.82) is 5.26 Å². The van der Waals surface area contributed by atoms with Crippen LogP contribution in [0, 0.1) is 33.9 Å². The van der Waals surface area contributed by atoms with Gasteiger partial charge in [-0.05, 0) is 24.3 Å². The molecule has 0 bridgehead atoms. The van der Waals surface area contributed by atoms with Crippen molar-refractivity contribution in [3.05, 3.63) is 158 Å². The monoisotopic (exact) mass is 839 g/mol. The van der Waals surface area contributed by atoms with Gasteiger partial charge in [0.2, 0.25) is 17.1 Å². The van der Waals surface area contributed by atoms with Crippen LogP contribution in [0.5, 0.6) is 0 Å². The highest BCUT2D eigenvalue weighted by molar-refractivity contribution is 8.03. The molecule has 56 heavy (non-hydrogen) atoms. The maximum absolute atomic E-state index is 15.5. The third kappa shape index (κ3) is 6.90. The number of hydrogen-bond acceptors (Lipinski definition) is 10. The number of nitrogens with zero attached hydrogens (tertiary/aromatic N) is 7. The minimum Gasteiger partial charge on any atom is -0.438 e. The van der Waals surface area contributed by atoms with Crippen LogP contribution in [0.3, 0.4) is 0 Å². The van der Waals surface area contributed by atoms with Crippen LogP contribution in [0.2, 0.25) is 10.0 Å². The van der Waals surface area contributed by atoms with E-state index in [2.05, 4.69) is 32.8 Å². The van der Waals surface area contributed by atoms with Crippen LogP contribution < -0.4 is 0 Å². The number of thioether (sulfide) groups is 1. The molecule has 284 valence electrons. The standard InChI is InChI=1S/C37H23Cl2F4N7O4S2/c38-25-7-3-1-5-21(25)30-36(53-30,23-11-9-19(40)13-27(23)42)15-49-33(45-18-46-49)29(52-35(51)55)32-47-34(56-17-44)50(48-32)16-37(24-12-10-20(41)14-28(24)43)31(54-37)22-6-2-4-8-26(22)39/h1-14,18,29-31H,15-16H2,(H,51,55). The van der Waals surface area contributed by atoms with Gasteiger partial charge in [-0.15, -0.1) is 0 Å². The minimum atomic E-state index is -1.53. The Bertz CT molecular complexity index is 2560. The average molecular weight is 841 g/mol. The molecule has 0 aliphatic carbocycles.